The number of benzene rings is 2. The number of rotatable bonds is 3. The summed E-state index contributed by atoms with van der Waals surface area (Å²) in [7, 11) is 0. The second kappa shape index (κ2) is 5.08. The quantitative estimate of drug-likeness (QED) is 0.827. The van der Waals surface area contributed by atoms with E-state index < -0.39 is 0 Å². The maximum atomic E-state index is 5.79. The van der Waals surface area contributed by atoms with Crippen LogP contribution in [-0.4, -0.2) is 6.21 Å². The minimum absolute atomic E-state index is 0.125. The number of nitrogens with zero attached hydrogens (tertiary/aromatic N) is 2. The van der Waals surface area contributed by atoms with Crippen LogP contribution in [0.25, 0.3) is 6.08 Å². The van der Waals surface area contributed by atoms with Crippen LogP contribution in [0.2, 0.25) is 0 Å². The van der Waals surface area contributed by atoms with E-state index in [0.29, 0.717) is 0 Å². The Morgan fingerprint density at radius 2 is 1.79 bits per heavy atom. The van der Waals surface area contributed by atoms with Gasteiger partial charge in [-0.3, -0.25) is 0 Å². The molecule has 0 amide bonds. The normalized spacial score (nSPS) is 17.7. The van der Waals surface area contributed by atoms with Gasteiger partial charge in [0.2, 0.25) is 0 Å². The molecular formula is C16H14N2O. The fourth-order valence-electron chi connectivity index (χ4n) is 1.94. The van der Waals surface area contributed by atoms with Crippen LogP contribution < -0.4 is 5.17 Å². The van der Waals surface area contributed by atoms with Gasteiger partial charge in [-0.1, -0.05) is 55.1 Å². The zero-order chi connectivity index (χ0) is 13.1. The van der Waals surface area contributed by atoms with Crippen molar-refractivity contribution in [3.8, 4) is 0 Å². The van der Waals surface area contributed by atoms with Gasteiger partial charge in [0.25, 0.3) is 0 Å². The first kappa shape index (κ1) is 11.7. The van der Waals surface area contributed by atoms with Gasteiger partial charge in [0.15, 0.2) is 0 Å². The van der Waals surface area contributed by atoms with Crippen molar-refractivity contribution in [1.29, 1.82) is 0 Å². The van der Waals surface area contributed by atoms with E-state index in [1.807, 2.05) is 60.7 Å². The Hall–Kier alpha value is -2.39. The average Bonchev–Trinajstić information content (AvgIpc) is 2.98. The van der Waals surface area contributed by atoms with Crippen molar-refractivity contribution in [2.75, 3.05) is 5.17 Å². The minimum atomic E-state index is -0.125. The van der Waals surface area contributed by atoms with Crippen LogP contribution in [0, 0.1) is 0 Å². The summed E-state index contributed by atoms with van der Waals surface area (Å²) in [5.74, 6) is 0. The molecule has 0 bridgehead atoms. The zero-order valence-corrected chi connectivity index (χ0v) is 10.4. The van der Waals surface area contributed by atoms with Gasteiger partial charge in [0, 0.05) is 0 Å². The summed E-state index contributed by atoms with van der Waals surface area (Å²) in [4.78, 5) is 5.79. The third-order valence-corrected chi connectivity index (χ3v) is 3.00. The molecule has 1 aliphatic heterocycles. The summed E-state index contributed by atoms with van der Waals surface area (Å²) in [6, 6.07) is 17.9. The molecule has 0 saturated carbocycles. The van der Waals surface area contributed by atoms with E-state index in [4.69, 9.17) is 4.84 Å². The molecule has 0 spiro atoms. The summed E-state index contributed by atoms with van der Waals surface area (Å²) < 4.78 is 0. The standard InChI is InChI=1S/C16H14N2O/c1-2-13-8-10-15(11-9-13)18-17-12-16(19-18)14-6-4-3-5-7-14/h2-12,16H,1H2. The minimum Gasteiger partial charge on any atom is -0.238 e. The second-order valence-electron chi connectivity index (χ2n) is 4.27. The molecule has 2 aromatic rings. The predicted octanol–water partition coefficient (Wildman–Crippen LogP) is 3.81. The molecule has 1 atom stereocenters. The molecule has 0 N–H and O–H groups in total. The van der Waals surface area contributed by atoms with Gasteiger partial charge < -0.3 is 0 Å². The maximum absolute atomic E-state index is 5.79. The smallest absolute Gasteiger partial charge is 0.150 e. The van der Waals surface area contributed by atoms with Crippen LogP contribution in [0.1, 0.15) is 17.2 Å². The van der Waals surface area contributed by atoms with Crippen LogP contribution in [0.4, 0.5) is 5.69 Å². The highest BCUT2D eigenvalue weighted by Gasteiger charge is 2.21. The molecule has 1 unspecified atom stereocenters. The first-order valence-electron chi connectivity index (χ1n) is 6.15. The highest BCUT2D eigenvalue weighted by molar-refractivity contribution is 5.70. The molecule has 1 heterocycles. The first-order chi connectivity index (χ1) is 9.36. The van der Waals surface area contributed by atoms with Gasteiger partial charge in [-0.2, -0.15) is 5.10 Å². The number of hydrogen-bond donors (Lipinski definition) is 0. The van der Waals surface area contributed by atoms with Crippen molar-refractivity contribution in [2.24, 2.45) is 5.10 Å². The molecule has 0 aliphatic carbocycles. The van der Waals surface area contributed by atoms with Crippen LogP contribution >= 0.6 is 0 Å². The molecule has 19 heavy (non-hydrogen) atoms. The largest absolute Gasteiger partial charge is 0.238 e. The topological polar surface area (TPSA) is 24.8 Å². The van der Waals surface area contributed by atoms with Crippen LogP contribution in [-0.2, 0) is 4.84 Å². The Bertz CT molecular complexity index is 590. The summed E-state index contributed by atoms with van der Waals surface area (Å²) in [5, 5.41) is 5.83. The molecule has 3 nitrogen and oxygen atoms in total. The molecule has 0 radical (unpaired) electrons. The number of hydrazone groups is 1. The van der Waals surface area contributed by atoms with Crippen LogP contribution in [0.15, 0.2) is 66.3 Å². The van der Waals surface area contributed by atoms with E-state index in [1.54, 1.807) is 11.4 Å². The third-order valence-electron chi connectivity index (χ3n) is 3.00. The fourth-order valence-corrected chi connectivity index (χ4v) is 1.94. The lowest BCUT2D eigenvalue weighted by molar-refractivity contribution is 0.0985. The summed E-state index contributed by atoms with van der Waals surface area (Å²) in [6.45, 7) is 3.74. The van der Waals surface area contributed by atoms with Crippen molar-refractivity contribution < 1.29 is 4.84 Å². The molecule has 94 valence electrons. The molecule has 0 fully saturated rings. The lowest BCUT2D eigenvalue weighted by Crippen LogP contribution is -2.13. The molecule has 2 aromatic carbocycles. The zero-order valence-electron chi connectivity index (χ0n) is 10.4. The first-order valence-corrected chi connectivity index (χ1v) is 6.15. The SMILES string of the molecule is C=Cc1ccc(N2N=CC(c3ccccc3)O2)cc1. The molecular weight excluding hydrogens is 236 g/mol. The fraction of sp³-hybridized carbons (Fsp3) is 0.0625. The van der Waals surface area contributed by atoms with E-state index in [1.165, 1.54) is 0 Å². The van der Waals surface area contributed by atoms with Crippen LogP contribution in [0.5, 0.6) is 0 Å². The van der Waals surface area contributed by atoms with E-state index in [2.05, 4.69) is 11.7 Å². The van der Waals surface area contributed by atoms with Crippen molar-refractivity contribution in [1.82, 2.24) is 0 Å². The lowest BCUT2D eigenvalue weighted by atomic mass is 10.1. The highest BCUT2D eigenvalue weighted by Crippen LogP contribution is 2.27. The van der Waals surface area contributed by atoms with Crippen molar-refractivity contribution >= 4 is 18.0 Å². The molecule has 0 saturated heterocycles. The van der Waals surface area contributed by atoms with Gasteiger partial charge in [-0.05, 0) is 23.3 Å². The van der Waals surface area contributed by atoms with Gasteiger partial charge in [-0.25, -0.2) is 4.84 Å². The maximum Gasteiger partial charge on any atom is 0.150 e. The lowest BCUT2D eigenvalue weighted by Gasteiger charge is -2.15. The van der Waals surface area contributed by atoms with E-state index >= 15 is 0 Å². The Morgan fingerprint density at radius 1 is 1.05 bits per heavy atom. The number of anilines is 1. The Kier molecular flexibility index (Phi) is 3.12. The number of hydrogen-bond acceptors (Lipinski definition) is 3. The third kappa shape index (κ3) is 2.41. The summed E-state index contributed by atoms with van der Waals surface area (Å²) in [6.07, 6.45) is 3.49. The Morgan fingerprint density at radius 3 is 2.47 bits per heavy atom. The predicted molar refractivity (Wildman–Crippen MR) is 77.8 cm³/mol. The Labute approximate surface area is 112 Å². The average molecular weight is 250 g/mol. The van der Waals surface area contributed by atoms with Gasteiger partial charge in [-0.15, -0.1) is 5.17 Å². The van der Waals surface area contributed by atoms with Crippen LogP contribution in [0.3, 0.4) is 0 Å². The van der Waals surface area contributed by atoms with E-state index in [0.717, 1.165) is 16.8 Å². The second-order valence-corrected chi connectivity index (χ2v) is 4.27. The van der Waals surface area contributed by atoms with Crippen molar-refractivity contribution in [3.05, 3.63) is 72.3 Å². The van der Waals surface area contributed by atoms with Gasteiger partial charge in [0.05, 0.1) is 11.9 Å². The van der Waals surface area contributed by atoms with Gasteiger partial charge >= 0.3 is 0 Å². The molecule has 3 rings (SSSR count). The highest BCUT2D eigenvalue weighted by atomic mass is 16.7. The Balaban J connectivity index is 1.75. The van der Waals surface area contributed by atoms with Gasteiger partial charge in [0.1, 0.15) is 6.10 Å². The van der Waals surface area contributed by atoms with E-state index in [-0.39, 0.29) is 6.10 Å². The summed E-state index contributed by atoms with van der Waals surface area (Å²) in [5.41, 5.74) is 3.07. The molecule has 0 aromatic heterocycles. The monoisotopic (exact) mass is 250 g/mol. The van der Waals surface area contributed by atoms with Crippen molar-refractivity contribution in [2.45, 2.75) is 6.10 Å². The molecule has 3 heteroatoms. The summed E-state index contributed by atoms with van der Waals surface area (Å²) >= 11 is 0. The van der Waals surface area contributed by atoms with E-state index in [9.17, 15) is 0 Å². The van der Waals surface area contributed by atoms with Crippen molar-refractivity contribution in [3.63, 3.8) is 0 Å². The molecule has 1 aliphatic rings.